The van der Waals surface area contributed by atoms with Gasteiger partial charge in [0.15, 0.2) is 6.61 Å². The average molecular weight is 379 g/mol. The van der Waals surface area contributed by atoms with Crippen LogP contribution in [0.2, 0.25) is 0 Å². The Balaban J connectivity index is 1.24. The Kier molecular flexibility index (Phi) is 4.97. The first-order valence-corrected chi connectivity index (χ1v) is 9.20. The highest BCUT2D eigenvalue weighted by atomic mass is 16.5. The molecule has 144 valence electrons. The Hall–Kier alpha value is -3.35. The summed E-state index contributed by atoms with van der Waals surface area (Å²) in [7, 11) is 0. The van der Waals surface area contributed by atoms with Crippen molar-refractivity contribution in [1.29, 1.82) is 0 Å². The molecule has 7 heteroatoms. The highest BCUT2D eigenvalue weighted by Gasteiger charge is 2.44. The molecule has 0 unspecified atom stereocenters. The molecular formula is C21H21N3O4. The summed E-state index contributed by atoms with van der Waals surface area (Å²) in [5, 5.41) is 6.95. The molecule has 0 bridgehead atoms. The molecule has 0 atom stereocenters. The maximum atomic E-state index is 12.1. The molecule has 1 N–H and O–H groups in total. The van der Waals surface area contributed by atoms with Gasteiger partial charge in [0, 0.05) is 24.4 Å². The van der Waals surface area contributed by atoms with Crippen LogP contribution in [0, 0.1) is 0 Å². The summed E-state index contributed by atoms with van der Waals surface area (Å²) in [5.74, 6) is -0.332. The maximum absolute atomic E-state index is 12.1. The zero-order chi connectivity index (χ0) is 19.4. The molecule has 28 heavy (non-hydrogen) atoms. The van der Waals surface area contributed by atoms with Crippen molar-refractivity contribution >= 4 is 11.9 Å². The van der Waals surface area contributed by atoms with E-state index in [4.69, 9.17) is 9.15 Å². The number of nitrogens with one attached hydrogen (secondary N) is 1. The van der Waals surface area contributed by atoms with Crippen molar-refractivity contribution in [3.63, 3.8) is 0 Å². The standard InChI is InChI=1S/C21H21N3O4/c25-19(22-15-21(9-10-21)16-5-2-1-3-6-16)14-27-20(26)18-8-7-17(28-18)13-24-12-4-11-23-24/h1-8,11-12H,9-10,13-15H2,(H,22,25). The Labute approximate surface area is 162 Å². The third-order valence-corrected chi connectivity index (χ3v) is 4.94. The monoisotopic (exact) mass is 379 g/mol. The third-order valence-electron chi connectivity index (χ3n) is 4.94. The van der Waals surface area contributed by atoms with Crippen LogP contribution in [0.1, 0.15) is 34.7 Å². The predicted octanol–water partition coefficient (Wildman–Crippen LogP) is 2.53. The molecule has 1 aromatic carbocycles. The van der Waals surface area contributed by atoms with E-state index in [0.29, 0.717) is 18.8 Å². The molecule has 1 aliphatic carbocycles. The van der Waals surface area contributed by atoms with Gasteiger partial charge in [0.05, 0.1) is 6.54 Å². The summed E-state index contributed by atoms with van der Waals surface area (Å²) >= 11 is 0. The van der Waals surface area contributed by atoms with E-state index in [1.165, 1.54) is 11.6 Å². The molecule has 0 spiro atoms. The SMILES string of the molecule is O=C(COC(=O)c1ccc(Cn2cccn2)o1)NCC1(c2ccccc2)CC1. The summed E-state index contributed by atoms with van der Waals surface area (Å²) < 4.78 is 12.2. The topological polar surface area (TPSA) is 86.4 Å². The van der Waals surface area contributed by atoms with Crippen LogP contribution in [0.25, 0.3) is 0 Å². The van der Waals surface area contributed by atoms with Gasteiger partial charge in [0.25, 0.3) is 5.91 Å². The fourth-order valence-electron chi connectivity index (χ4n) is 3.16. The summed E-state index contributed by atoms with van der Waals surface area (Å²) in [6.07, 6.45) is 5.55. The summed E-state index contributed by atoms with van der Waals surface area (Å²) in [5.41, 5.74) is 1.25. The van der Waals surface area contributed by atoms with Crippen LogP contribution in [-0.4, -0.2) is 34.8 Å². The summed E-state index contributed by atoms with van der Waals surface area (Å²) in [6.45, 7) is 0.628. The molecule has 1 saturated carbocycles. The molecule has 0 radical (unpaired) electrons. The second-order valence-electron chi connectivity index (χ2n) is 6.97. The van der Waals surface area contributed by atoms with Gasteiger partial charge < -0.3 is 14.5 Å². The number of hydrogen-bond donors (Lipinski definition) is 1. The van der Waals surface area contributed by atoms with Crippen LogP contribution in [0.4, 0.5) is 0 Å². The first-order chi connectivity index (χ1) is 13.6. The summed E-state index contributed by atoms with van der Waals surface area (Å²) in [6, 6.07) is 15.2. The van der Waals surface area contributed by atoms with Crippen molar-refractivity contribution in [2.45, 2.75) is 24.8 Å². The molecule has 2 aromatic heterocycles. The van der Waals surface area contributed by atoms with Crippen LogP contribution in [0.15, 0.2) is 65.3 Å². The molecule has 0 saturated heterocycles. The van der Waals surface area contributed by atoms with Gasteiger partial charge in [0.1, 0.15) is 5.76 Å². The molecule has 3 aromatic rings. The van der Waals surface area contributed by atoms with Gasteiger partial charge in [-0.05, 0) is 36.6 Å². The van der Waals surface area contributed by atoms with Crippen LogP contribution in [-0.2, 0) is 21.5 Å². The Morgan fingerprint density at radius 3 is 2.68 bits per heavy atom. The zero-order valence-corrected chi connectivity index (χ0v) is 15.3. The number of furan rings is 1. The normalized spacial score (nSPS) is 14.4. The van der Waals surface area contributed by atoms with Crippen molar-refractivity contribution in [3.05, 3.63) is 78.0 Å². The van der Waals surface area contributed by atoms with Crippen molar-refractivity contribution in [2.24, 2.45) is 0 Å². The molecule has 4 rings (SSSR count). The molecular weight excluding hydrogens is 358 g/mol. The lowest BCUT2D eigenvalue weighted by Crippen LogP contribution is -2.35. The fourth-order valence-corrected chi connectivity index (χ4v) is 3.16. The van der Waals surface area contributed by atoms with E-state index in [1.807, 2.05) is 18.2 Å². The van der Waals surface area contributed by atoms with Gasteiger partial charge >= 0.3 is 5.97 Å². The van der Waals surface area contributed by atoms with E-state index in [-0.39, 0.29) is 23.7 Å². The molecule has 2 heterocycles. The fraction of sp³-hybridized carbons (Fsp3) is 0.286. The molecule has 1 aliphatic rings. The first kappa shape index (κ1) is 18.0. The number of nitrogens with zero attached hydrogens (tertiary/aromatic N) is 2. The van der Waals surface area contributed by atoms with Gasteiger partial charge in [-0.15, -0.1) is 0 Å². The van der Waals surface area contributed by atoms with Gasteiger partial charge in [-0.1, -0.05) is 30.3 Å². The zero-order valence-electron chi connectivity index (χ0n) is 15.3. The van der Waals surface area contributed by atoms with E-state index in [2.05, 4.69) is 22.5 Å². The number of hydrogen-bond acceptors (Lipinski definition) is 5. The highest BCUT2D eigenvalue weighted by Crippen LogP contribution is 2.47. The van der Waals surface area contributed by atoms with Gasteiger partial charge in [0.2, 0.25) is 5.76 Å². The number of esters is 1. The number of ether oxygens (including phenoxy) is 1. The van der Waals surface area contributed by atoms with Crippen LogP contribution in [0.5, 0.6) is 0 Å². The lowest BCUT2D eigenvalue weighted by atomic mass is 9.96. The lowest BCUT2D eigenvalue weighted by Gasteiger charge is -2.16. The van der Waals surface area contributed by atoms with E-state index in [1.54, 1.807) is 29.2 Å². The molecule has 1 amide bonds. The van der Waals surface area contributed by atoms with Crippen molar-refractivity contribution < 1.29 is 18.7 Å². The lowest BCUT2D eigenvalue weighted by molar-refractivity contribution is -0.124. The van der Waals surface area contributed by atoms with Crippen LogP contribution >= 0.6 is 0 Å². The first-order valence-electron chi connectivity index (χ1n) is 9.20. The number of amides is 1. The predicted molar refractivity (Wildman–Crippen MR) is 101 cm³/mol. The van der Waals surface area contributed by atoms with Crippen LogP contribution < -0.4 is 5.32 Å². The smallest absolute Gasteiger partial charge is 0.374 e. The minimum Gasteiger partial charge on any atom is -0.452 e. The second kappa shape index (κ2) is 7.72. The number of aromatic nitrogens is 2. The Bertz CT molecular complexity index is 943. The van der Waals surface area contributed by atoms with E-state index in [0.717, 1.165) is 12.8 Å². The van der Waals surface area contributed by atoms with E-state index < -0.39 is 5.97 Å². The van der Waals surface area contributed by atoms with Crippen molar-refractivity contribution in [2.75, 3.05) is 13.2 Å². The Morgan fingerprint density at radius 2 is 1.96 bits per heavy atom. The summed E-state index contributed by atoms with van der Waals surface area (Å²) in [4.78, 5) is 24.2. The van der Waals surface area contributed by atoms with E-state index in [9.17, 15) is 9.59 Å². The minimum atomic E-state index is -0.661. The quantitative estimate of drug-likeness (QED) is 0.608. The number of rotatable bonds is 8. The molecule has 0 aliphatic heterocycles. The number of carbonyl (C=O) groups excluding carboxylic acids is 2. The van der Waals surface area contributed by atoms with Crippen LogP contribution in [0.3, 0.4) is 0 Å². The van der Waals surface area contributed by atoms with Gasteiger partial charge in [-0.3, -0.25) is 9.48 Å². The Morgan fingerprint density at radius 1 is 1.14 bits per heavy atom. The second-order valence-corrected chi connectivity index (χ2v) is 6.97. The third kappa shape index (κ3) is 4.14. The number of benzene rings is 1. The molecule has 1 fully saturated rings. The van der Waals surface area contributed by atoms with Crippen molar-refractivity contribution in [1.82, 2.24) is 15.1 Å². The van der Waals surface area contributed by atoms with E-state index >= 15 is 0 Å². The highest BCUT2D eigenvalue weighted by molar-refractivity contribution is 5.88. The molecule has 7 nitrogen and oxygen atoms in total. The minimum absolute atomic E-state index is 0.0172. The van der Waals surface area contributed by atoms with Gasteiger partial charge in [-0.25, -0.2) is 4.79 Å². The van der Waals surface area contributed by atoms with Gasteiger partial charge in [-0.2, -0.15) is 5.10 Å². The largest absolute Gasteiger partial charge is 0.452 e. The number of carbonyl (C=O) groups is 2. The van der Waals surface area contributed by atoms with Crippen molar-refractivity contribution in [3.8, 4) is 0 Å². The maximum Gasteiger partial charge on any atom is 0.374 e. The average Bonchev–Trinajstić information content (AvgIpc) is 3.10.